The van der Waals surface area contributed by atoms with E-state index in [9.17, 15) is 9.59 Å². The molecule has 2 fully saturated rings. The van der Waals surface area contributed by atoms with Gasteiger partial charge in [0, 0.05) is 12.1 Å². The lowest BCUT2D eigenvalue weighted by atomic mass is 9.71. The molecule has 2 rings (SSSR count). The van der Waals surface area contributed by atoms with E-state index >= 15 is 0 Å². The van der Waals surface area contributed by atoms with Crippen LogP contribution < -0.4 is 0 Å². The van der Waals surface area contributed by atoms with Gasteiger partial charge in [-0.15, -0.1) is 6.58 Å². The first-order chi connectivity index (χ1) is 10.6. The number of nitrogens with zero attached hydrogens (tertiary/aromatic N) is 1. The molecule has 0 aromatic rings. The monoisotopic (exact) mass is 323 g/mol. The molecule has 2 bridgehead atoms. The van der Waals surface area contributed by atoms with Crippen molar-refractivity contribution >= 4 is 12.1 Å². The van der Waals surface area contributed by atoms with Gasteiger partial charge in [-0.3, -0.25) is 4.79 Å². The van der Waals surface area contributed by atoms with E-state index in [1.807, 2.05) is 32.6 Å². The highest BCUT2D eigenvalue weighted by molar-refractivity contribution is 5.78. The fourth-order valence-electron chi connectivity index (χ4n) is 4.14. The van der Waals surface area contributed by atoms with E-state index in [1.54, 1.807) is 0 Å². The lowest BCUT2D eigenvalue weighted by Gasteiger charge is -2.45. The number of methoxy groups -OCH3 is 1. The highest BCUT2D eigenvalue weighted by Crippen LogP contribution is 2.49. The molecular formula is C18H29NO4. The third-order valence-electron chi connectivity index (χ3n) is 4.74. The van der Waals surface area contributed by atoms with Crippen LogP contribution in [0.5, 0.6) is 0 Å². The van der Waals surface area contributed by atoms with Gasteiger partial charge in [-0.2, -0.15) is 0 Å². The maximum Gasteiger partial charge on any atom is 0.410 e. The topological polar surface area (TPSA) is 55.8 Å². The molecule has 0 spiro atoms. The summed E-state index contributed by atoms with van der Waals surface area (Å²) in [6.07, 6.45) is 3.44. The molecule has 1 amide bonds. The second-order valence-corrected chi connectivity index (χ2v) is 8.09. The summed E-state index contributed by atoms with van der Waals surface area (Å²) in [7, 11) is 1.44. The van der Waals surface area contributed by atoms with Crippen LogP contribution in [0.25, 0.3) is 0 Å². The van der Waals surface area contributed by atoms with Crippen LogP contribution in [-0.4, -0.2) is 41.8 Å². The second kappa shape index (κ2) is 6.17. The molecule has 5 heteroatoms. The number of ether oxygens (including phenoxy) is 2. The number of carbonyl (C=O) groups is 2. The predicted molar refractivity (Wildman–Crippen MR) is 88.0 cm³/mol. The average molecular weight is 323 g/mol. The number of allylic oxidation sites excluding steroid dienone is 1. The molecule has 0 unspecified atom stereocenters. The Morgan fingerprint density at radius 2 is 1.74 bits per heavy atom. The van der Waals surface area contributed by atoms with E-state index in [4.69, 9.17) is 9.47 Å². The number of amides is 1. The van der Waals surface area contributed by atoms with E-state index in [-0.39, 0.29) is 24.1 Å². The summed E-state index contributed by atoms with van der Waals surface area (Å²) in [5.41, 5.74) is -0.0868. The van der Waals surface area contributed by atoms with Crippen LogP contribution in [0.4, 0.5) is 4.79 Å². The van der Waals surface area contributed by atoms with E-state index in [1.165, 1.54) is 7.11 Å². The Balaban J connectivity index is 2.21. The van der Waals surface area contributed by atoms with E-state index in [0.29, 0.717) is 19.3 Å². The van der Waals surface area contributed by atoms with Crippen LogP contribution >= 0.6 is 0 Å². The van der Waals surface area contributed by atoms with Crippen LogP contribution in [-0.2, 0) is 14.3 Å². The standard InChI is InChI=1S/C18H29NO4/c1-12(2)9-18(15(20)22-6)10-13-7-8-14(11-18)19(13)16(21)23-17(3,4)5/h13-14H,1,7-11H2,2-6H3/t13-,14+,18+. The van der Waals surface area contributed by atoms with Gasteiger partial charge < -0.3 is 14.4 Å². The number of piperidine rings is 1. The first-order valence-electron chi connectivity index (χ1n) is 8.32. The molecule has 0 N–H and O–H groups in total. The minimum Gasteiger partial charge on any atom is -0.469 e. The van der Waals surface area contributed by atoms with Gasteiger partial charge in [0.05, 0.1) is 12.5 Å². The zero-order valence-corrected chi connectivity index (χ0v) is 15.0. The summed E-state index contributed by atoms with van der Waals surface area (Å²) in [5.74, 6) is -0.179. The predicted octanol–water partition coefficient (Wildman–Crippen LogP) is 3.67. The molecule has 0 aromatic carbocycles. The van der Waals surface area contributed by atoms with Crippen molar-refractivity contribution in [2.24, 2.45) is 5.41 Å². The normalized spacial score (nSPS) is 30.0. The van der Waals surface area contributed by atoms with Crippen LogP contribution in [0, 0.1) is 5.41 Å². The third-order valence-corrected chi connectivity index (χ3v) is 4.74. The van der Waals surface area contributed by atoms with Gasteiger partial charge in [-0.05, 0) is 59.8 Å². The van der Waals surface area contributed by atoms with E-state index < -0.39 is 11.0 Å². The lowest BCUT2D eigenvalue weighted by Crippen LogP contribution is -2.54. The van der Waals surface area contributed by atoms with Gasteiger partial charge in [0.1, 0.15) is 5.60 Å². The highest BCUT2D eigenvalue weighted by atomic mass is 16.6. The van der Waals surface area contributed by atoms with Crippen molar-refractivity contribution in [3.8, 4) is 0 Å². The molecular weight excluding hydrogens is 294 g/mol. The van der Waals surface area contributed by atoms with Gasteiger partial charge in [0.25, 0.3) is 0 Å². The quantitative estimate of drug-likeness (QED) is 0.587. The van der Waals surface area contributed by atoms with Gasteiger partial charge in [0.2, 0.25) is 0 Å². The number of rotatable bonds is 3. The molecule has 0 saturated carbocycles. The fraction of sp³-hybridized carbons (Fsp3) is 0.778. The van der Waals surface area contributed by atoms with Crippen molar-refractivity contribution in [3.63, 3.8) is 0 Å². The largest absolute Gasteiger partial charge is 0.469 e. The summed E-state index contributed by atoms with van der Waals surface area (Å²) in [4.78, 5) is 26.8. The molecule has 0 aliphatic carbocycles. The Morgan fingerprint density at radius 3 is 2.13 bits per heavy atom. The molecule has 130 valence electrons. The summed E-state index contributed by atoms with van der Waals surface area (Å²) in [6, 6.07) is 0.0871. The van der Waals surface area contributed by atoms with Crippen molar-refractivity contribution in [1.29, 1.82) is 0 Å². The Morgan fingerprint density at radius 1 is 1.22 bits per heavy atom. The van der Waals surface area contributed by atoms with Gasteiger partial charge >= 0.3 is 12.1 Å². The molecule has 3 atom stereocenters. The van der Waals surface area contributed by atoms with Crippen LogP contribution in [0.3, 0.4) is 0 Å². The van der Waals surface area contributed by atoms with E-state index in [2.05, 4.69) is 6.58 Å². The molecule has 2 saturated heterocycles. The minimum absolute atomic E-state index is 0.0436. The summed E-state index contributed by atoms with van der Waals surface area (Å²) < 4.78 is 10.6. The molecule has 5 nitrogen and oxygen atoms in total. The van der Waals surface area contributed by atoms with Crippen LogP contribution in [0.1, 0.15) is 59.8 Å². The van der Waals surface area contributed by atoms with Crippen molar-refractivity contribution in [1.82, 2.24) is 4.90 Å². The number of esters is 1. The highest BCUT2D eigenvalue weighted by Gasteiger charge is 2.54. The first kappa shape index (κ1) is 17.8. The Labute approximate surface area is 139 Å². The third kappa shape index (κ3) is 3.70. The molecule has 23 heavy (non-hydrogen) atoms. The smallest absolute Gasteiger partial charge is 0.410 e. The Hall–Kier alpha value is -1.52. The van der Waals surface area contributed by atoms with Crippen molar-refractivity contribution in [2.45, 2.75) is 77.5 Å². The fourth-order valence-corrected chi connectivity index (χ4v) is 4.14. The molecule has 0 aromatic heterocycles. The maximum absolute atomic E-state index is 12.5. The second-order valence-electron chi connectivity index (χ2n) is 8.09. The molecule has 0 radical (unpaired) electrons. The zero-order chi connectivity index (χ0) is 17.4. The molecule has 2 aliphatic rings. The van der Waals surface area contributed by atoms with Crippen molar-refractivity contribution in [2.75, 3.05) is 7.11 Å². The lowest BCUT2D eigenvalue weighted by molar-refractivity contribution is -0.157. The van der Waals surface area contributed by atoms with Crippen molar-refractivity contribution < 1.29 is 19.1 Å². The Bertz CT molecular complexity index is 492. The maximum atomic E-state index is 12.5. The van der Waals surface area contributed by atoms with Crippen LogP contribution in [0.15, 0.2) is 12.2 Å². The van der Waals surface area contributed by atoms with Crippen molar-refractivity contribution in [3.05, 3.63) is 12.2 Å². The number of carbonyl (C=O) groups excluding carboxylic acids is 2. The molecule has 2 aliphatic heterocycles. The average Bonchev–Trinajstić information content (AvgIpc) is 2.68. The Kier molecular flexibility index (Phi) is 4.79. The summed E-state index contributed by atoms with van der Waals surface area (Å²) in [5, 5.41) is 0. The van der Waals surface area contributed by atoms with Gasteiger partial charge in [0.15, 0.2) is 0 Å². The van der Waals surface area contributed by atoms with E-state index in [0.717, 1.165) is 18.4 Å². The SMILES string of the molecule is C=C(C)C[C@]1(C(=O)OC)C[C@H]2CC[C@@H](C1)N2C(=O)OC(C)(C)C. The van der Waals surface area contributed by atoms with Crippen LogP contribution in [0.2, 0.25) is 0 Å². The molecule has 2 heterocycles. The number of hydrogen-bond donors (Lipinski definition) is 0. The van der Waals surface area contributed by atoms with Gasteiger partial charge in [-0.1, -0.05) is 5.57 Å². The number of fused-ring (bicyclic) bond motifs is 2. The summed E-state index contributed by atoms with van der Waals surface area (Å²) in [6.45, 7) is 11.5. The summed E-state index contributed by atoms with van der Waals surface area (Å²) >= 11 is 0. The first-order valence-corrected chi connectivity index (χ1v) is 8.32. The zero-order valence-electron chi connectivity index (χ0n) is 15.0. The minimum atomic E-state index is -0.551. The number of hydrogen-bond acceptors (Lipinski definition) is 4. The van der Waals surface area contributed by atoms with Gasteiger partial charge in [-0.25, -0.2) is 4.79 Å².